The monoisotopic (exact) mass is 400 g/mol. The number of esters is 1. The molecule has 2 aromatic carbocycles. The number of carbonyl (C=O) groups is 3. The lowest BCUT2D eigenvalue weighted by Crippen LogP contribution is -2.60. The van der Waals surface area contributed by atoms with Crippen molar-refractivity contribution in [2.24, 2.45) is 0 Å². The summed E-state index contributed by atoms with van der Waals surface area (Å²) in [4.78, 5) is 39.3. The third kappa shape index (κ3) is 3.65. The lowest BCUT2D eigenvalue weighted by atomic mass is 9.95. The molecule has 152 valence electrons. The van der Waals surface area contributed by atoms with Crippen LogP contribution in [0.15, 0.2) is 42.5 Å². The van der Waals surface area contributed by atoms with E-state index in [4.69, 9.17) is 9.47 Å². The Bertz CT molecular complexity index is 989. The van der Waals surface area contributed by atoms with E-state index in [0.29, 0.717) is 11.4 Å². The first-order valence-corrected chi connectivity index (χ1v) is 8.96. The van der Waals surface area contributed by atoms with Crippen molar-refractivity contribution in [3.8, 4) is 5.75 Å². The van der Waals surface area contributed by atoms with Crippen molar-refractivity contribution < 1.29 is 28.2 Å². The van der Waals surface area contributed by atoms with Crippen LogP contribution in [0.3, 0.4) is 0 Å². The first-order chi connectivity index (χ1) is 13.7. The van der Waals surface area contributed by atoms with Crippen LogP contribution in [0, 0.1) is 5.82 Å². The van der Waals surface area contributed by atoms with E-state index in [-0.39, 0.29) is 17.2 Å². The number of ether oxygens (including phenoxy) is 2. The van der Waals surface area contributed by atoms with E-state index in [2.05, 4.69) is 5.32 Å². The number of carbonyl (C=O) groups excluding carboxylic acids is 3. The Morgan fingerprint density at radius 3 is 2.52 bits per heavy atom. The van der Waals surface area contributed by atoms with Gasteiger partial charge in [-0.15, -0.1) is 0 Å². The van der Waals surface area contributed by atoms with Crippen molar-refractivity contribution in [2.45, 2.75) is 32.4 Å². The van der Waals surface area contributed by atoms with Gasteiger partial charge in [0.05, 0.1) is 24.0 Å². The Hall–Kier alpha value is -3.42. The van der Waals surface area contributed by atoms with Gasteiger partial charge in [-0.3, -0.25) is 14.5 Å². The minimum absolute atomic E-state index is 0.0108. The molecule has 2 aromatic rings. The van der Waals surface area contributed by atoms with Gasteiger partial charge in [0.15, 0.2) is 17.7 Å². The van der Waals surface area contributed by atoms with E-state index in [0.717, 1.165) is 6.07 Å². The number of halogens is 1. The predicted octanol–water partition coefficient (Wildman–Crippen LogP) is 3.14. The van der Waals surface area contributed by atoms with Gasteiger partial charge in [0.1, 0.15) is 5.54 Å². The SMILES string of the molecule is COc1ccc(C(=O)O[C@@H](C)C(=O)N2c3ccccc3NC(=O)C2(C)C)cc1F. The minimum atomic E-state index is -1.20. The van der Waals surface area contributed by atoms with Gasteiger partial charge in [-0.1, -0.05) is 12.1 Å². The highest BCUT2D eigenvalue weighted by atomic mass is 19.1. The number of fused-ring (bicyclic) bond motifs is 1. The molecule has 29 heavy (non-hydrogen) atoms. The van der Waals surface area contributed by atoms with Gasteiger partial charge in [-0.2, -0.15) is 0 Å². The zero-order valence-corrected chi connectivity index (χ0v) is 16.5. The molecule has 0 fully saturated rings. The fourth-order valence-electron chi connectivity index (χ4n) is 3.10. The van der Waals surface area contributed by atoms with E-state index >= 15 is 0 Å². The molecule has 1 aliphatic heterocycles. The quantitative estimate of drug-likeness (QED) is 0.797. The third-order valence-electron chi connectivity index (χ3n) is 4.75. The maximum absolute atomic E-state index is 13.9. The van der Waals surface area contributed by atoms with E-state index in [1.54, 1.807) is 38.1 Å². The van der Waals surface area contributed by atoms with Gasteiger partial charge in [-0.25, -0.2) is 9.18 Å². The smallest absolute Gasteiger partial charge is 0.339 e. The van der Waals surface area contributed by atoms with E-state index in [1.807, 2.05) is 0 Å². The molecule has 0 aromatic heterocycles. The second kappa shape index (κ2) is 7.54. The molecule has 1 atom stereocenters. The normalized spacial score (nSPS) is 15.8. The van der Waals surface area contributed by atoms with Gasteiger partial charge in [-0.05, 0) is 51.1 Å². The van der Waals surface area contributed by atoms with E-state index in [9.17, 15) is 18.8 Å². The van der Waals surface area contributed by atoms with E-state index < -0.39 is 29.3 Å². The number of amides is 2. The zero-order valence-electron chi connectivity index (χ0n) is 16.5. The summed E-state index contributed by atoms with van der Waals surface area (Å²) in [7, 11) is 1.31. The number of nitrogens with one attached hydrogen (secondary N) is 1. The van der Waals surface area contributed by atoms with Crippen molar-refractivity contribution in [3.05, 3.63) is 53.8 Å². The Morgan fingerprint density at radius 1 is 1.17 bits per heavy atom. The largest absolute Gasteiger partial charge is 0.494 e. The molecular weight excluding hydrogens is 379 g/mol. The highest BCUT2D eigenvalue weighted by Crippen LogP contribution is 2.37. The van der Waals surface area contributed by atoms with Crippen LogP contribution in [0.2, 0.25) is 0 Å². The minimum Gasteiger partial charge on any atom is -0.494 e. The lowest BCUT2D eigenvalue weighted by Gasteiger charge is -2.42. The van der Waals surface area contributed by atoms with Gasteiger partial charge in [0, 0.05) is 0 Å². The molecule has 3 rings (SSSR count). The number of rotatable bonds is 4. The maximum Gasteiger partial charge on any atom is 0.339 e. The molecular formula is C21H21FN2O5. The van der Waals surface area contributed by atoms with Crippen molar-refractivity contribution in [2.75, 3.05) is 17.3 Å². The Kier molecular flexibility index (Phi) is 5.28. The van der Waals surface area contributed by atoms with Crippen molar-refractivity contribution in [1.82, 2.24) is 0 Å². The number of hydrogen-bond acceptors (Lipinski definition) is 5. The van der Waals surface area contributed by atoms with Gasteiger partial charge >= 0.3 is 5.97 Å². The maximum atomic E-state index is 13.9. The fourth-order valence-corrected chi connectivity index (χ4v) is 3.10. The molecule has 0 saturated carbocycles. The Labute approximate surface area is 167 Å². The summed E-state index contributed by atoms with van der Waals surface area (Å²) in [6.07, 6.45) is -1.20. The molecule has 7 nitrogen and oxygen atoms in total. The molecule has 1 heterocycles. The van der Waals surface area contributed by atoms with Crippen molar-refractivity contribution >= 4 is 29.2 Å². The summed E-state index contributed by atoms with van der Waals surface area (Å²) in [5.41, 5.74) is -0.265. The predicted molar refractivity (Wildman–Crippen MR) is 104 cm³/mol. The number of benzene rings is 2. The average Bonchev–Trinajstić information content (AvgIpc) is 2.68. The summed E-state index contributed by atoms with van der Waals surface area (Å²) in [5.74, 6) is -2.52. The first-order valence-electron chi connectivity index (χ1n) is 8.96. The molecule has 1 aliphatic rings. The molecule has 2 amide bonds. The van der Waals surface area contributed by atoms with Crippen LogP contribution in [0.25, 0.3) is 0 Å². The molecule has 0 aliphatic carbocycles. The Balaban J connectivity index is 1.85. The average molecular weight is 400 g/mol. The van der Waals surface area contributed by atoms with Crippen molar-refractivity contribution in [3.63, 3.8) is 0 Å². The van der Waals surface area contributed by atoms with Crippen LogP contribution in [0.5, 0.6) is 5.75 Å². The van der Waals surface area contributed by atoms with Crippen LogP contribution in [0.1, 0.15) is 31.1 Å². The lowest BCUT2D eigenvalue weighted by molar-refractivity contribution is -0.131. The van der Waals surface area contributed by atoms with Gasteiger partial charge in [0.25, 0.3) is 5.91 Å². The number of hydrogen-bond donors (Lipinski definition) is 1. The summed E-state index contributed by atoms with van der Waals surface area (Å²) in [6.45, 7) is 4.61. The van der Waals surface area contributed by atoms with Crippen LogP contribution < -0.4 is 15.0 Å². The number of anilines is 2. The summed E-state index contributed by atoms with van der Waals surface area (Å²) >= 11 is 0. The number of methoxy groups -OCH3 is 1. The summed E-state index contributed by atoms with van der Waals surface area (Å²) in [5, 5.41) is 2.76. The number of para-hydroxylation sites is 2. The van der Waals surface area contributed by atoms with E-state index in [1.165, 1.54) is 31.1 Å². The first kappa shape index (κ1) is 20.3. The highest BCUT2D eigenvalue weighted by molar-refractivity contribution is 6.15. The summed E-state index contributed by atoms with van der Waals surface area (Å²) in [6, 6.07) is 10.5. The third-order valence-corrected chi connectivity index (χ3v) is 4.75. The zero-order chi connectivity index (χ0) is 21.3. The molecule has 8 heteroatoms. The Morgan fingerprint density at radius 2 is 1.86 bits per heavy atom. The fraction of sp³-hybridized carbons (Fsp3) is 0.286. The topological polar surface area (TPSA) is 84.9 Å². The highest BCUT2D eigenvalue weighted by Gasteiger charge is 2.45. The standard InChI is InChI=1S/C21H21FN2O5/c1-12(29-19(26)13-9-10-17(28-4)14(22)11-13)18(25)24-16-8-6-5-7-15(16)23-20(27)21(24,2)3/h5-12H,1-4H3,(H,23,27)/t12-/m0/s1. The van der Waals surface area contributed by atoms with Gasteiger partial charge < -0.3 is 14.8 Å². The van der Waals surface area contributed by atoms with Crippen LogP contribution in [0.4, 0.5) is 15.8 Å². The molecule has 0 saturated heterocycles. The van der Waals surface area contributed by atoms with Crippen LogP contribution in [-0.2, 0) is 14.3 Å². The molecule has 1 N–H and O–H groups in total. The van der Waals surface area contributed by atoms with Crippen LogP contribution in [-0.4, -0.2) is 36.5 Å². The molecule has 0 spiro atoms. The second-order valence-corrected chi connectivity index (χ2v) is 7.10. The summed E-state index contributed by atoms with van der Waals surface area (Å²) < 4.78 is 23.9. The van der Waals surface area contributed by atoms with Crippen molar-refractivity contribution in [1.29, 1.82) is 0 Å². The molecule has 0 unspecified atom stereocenters. The second-order valence-electron chi connectivity index (χ2n) is 7.10. The molecule has 0 radical (unpaired) electrons. The van der Waals surface area contributed by atoms with Gasteiger partial charge in [0.2, 0.25) is 5.91 Å². The molecule has 0 bridgehead atoms. The van der Waals surface area contributed by atoms with Crippen LogP contribution >= 0.6 is 0 Å². The number of nitrogens with zero attached hydrogens (tertiary/aromatic N) is 1.